The summed E-state index contributed by atoms with van der Waals surface area (Å²) in [6.07, 6.45) is 1.60. The Hall–Kier alpha value is -2.39. The maximum absolute atomic E-state index is 13.1. The highest BCUT2D eigenvalue weighted by molar-refractivity contribution is 9.10. The summed E-state index contributed by atoms with van der Waals surface area (Å²) in [7, 11) is -1.97. The summed E-state index contributed by atoms with van der Waals surface area (Å²) in [6, 6.07) is 14.1. The second kappa shape index (κ2) is 11.5. The molecule has 2 aromatic carbocycles. The Kier molecular flexibility index (Phi) is 9.27. The molecular weight excluding hydrogens is 494 g/mol. The van der Waals surface area contributed by atoms with Gasteiger partial charge in [0.05, 0.1) is 11.9 Å². The fourth-order valence-electron chi connectivity index (χ4n) is 3.41. The van der Waals surface area contributed by atoms with Gasteiger partial charge in [0.15, 0.2) is 0 Å². The Balaban J connectivity index is 2.14. The first-order valence-electron chi connectivity index (χ1n) is 10.3. The van der Waals surface area contributed by atoms with Gasteiger partial charge >= 0.3 is 0 Å². The summed E-state index contributed by atoms with van der Waals surface area (Å²) >= 11 is 3.43. The number of hydrogen-bond acceptors (Lipinski definition) is 4. The third-order valence-corrected chi connectivity index (χ3v) is 6.78. The van der Waals surface area contributed by atoms with Crippen LogP contribution in [0.25, 0.3) is 0 Å². The number of benzene rings is 2. The Bertz CT molecular complexity index is 1060. The molecule has 7 nitrogen and oxygen atoms in total. The Labute approximate surface area is 199 Å². The number of amides is 2. The van der Waals surface area contributed by atoms with E-state index in [9.17, 15) is 18.0 Å². The number of aryl methyl sites for hydroxylation is 1. The van der Waals surface area contributed by atoms with E-state index in [0.29, 0.717) is 12.1 Å². The van der Waals surface area contributed by atoms with Crippen molar-refractivity contribution >= 4 is 43.5 Å². The van der Waals surface area contributed by atoms with E-state index in [-0.39, 0.29) is 31.3 Å². The molecule has 1 N–H and O–H groups in total. The van der Waals surface area contributed by atoms with Gasteiger partial charge in [-0.2, -0.15) is 0 Å². The van der Waals surface area contributed by atoms with Crippen molar-refractivity contribution in [3.63, 3.8) is 0 Å². The smallest absolute Gasteiger partial charge is 0.242 e. The fraction of sp³-hybridized carbons (Fsp3) is 0.391. The van der Waals surface area contributed by atoms with Crippen molar-refractivity contribution in [1.29, 1.82) is 0 Å². The fourth-order valence-corrected chi connectivity index (χ4v) is 4.81. The van der Waals surface area contributed by atoms with E-state index in [2.05, 4.69) is 21.2 Å². The first kappa shape index (κ1) is 25.9. The molecule has 9 heteroatoms. The van der Waals surface area contributed by atoms with Gasteiger partial charge in [-0.15, -0.1) is 0 Å². The summed E-state index contributed by atoms with van der Waals surface area (Å²) in [5.74, 6) is -0.468. The number of carbonyl (C=O) groups is 2. The first-order chi connectivity index (χ1) is 15.0. The highest BCUT2D eigenvalue weighted by Crippen LogP contribution is 2.21. The van der Waals surface area contributed by atoms with Crippen molar-refractivity contribution in [3.8, 4) is 0 Å². The predicted molar refractivity (Wildman–Crippen MR) is 131 cm³/mol. The molecule has 0 aliphatic rings. The van der Waals surface area contributed by atoms with Gasteiger partial charge < -0.3 is 10.2 Å². The van der Waals surface area contributed by atoms with Crippen molar-refractivity contribution in [2.24, 2.45) is 0 Å². The Morgan fingerprint density at radius 2 is 1.81 bits per heavy atom. The van der Waals surface area contributed by atoms with E-state index < -0.39 is 16.1 Å². The number of nitrogens with zero attached hydrogens (tertiary/aromatic N) is 2. The number of anilines is 1. The van der Waals surface area contributed by atoms with Gasteiger partial charge in [-0.1, -0.05) is 40.2 Å². The third kappa shape index (κ3) is 7.34. The second-order valence-corrected chi connectivity index (χ2v) is 10.5. The number of sulfonamides is 1. The zero-order valence-corrected chi connectivity index (χ0v) is 21.2. The molecule has 0 saturated carbocycles. The molecule has 0 unspecified atom stereocenters. The molecule has 0 radical (unpaired) electrons. The van der Waals surface area contributed by atoms with E-state index in [0.717, 1.165) is 21.9 Å². The van der Waals surface area contributed by atoms with Crippen molar-refractivity contribution in [3.05, 3.63) is 64.1 Å². The number of nitrogens with one attached hydrogen (secondary N) is 1. The molecule has 2 aromatic rings. The van der Waals surface area contributed by atoms with E-state index in [1.165, 1.54) is 16.3 Å². The van der Waals surface area contributed by atoms with Crippen LogP contribution in [0.4, 0.5) is 5.69 Å². The molecule has 0 heterocycles. The van der Waals surface area contributed by atoms with Gasteiger partial charge in [0.2, 0.25) is 21.8 Å². The molecular formula is C23H30BrN3O4S. The molecule has 0 aromatic heterocycles. The van der Waals surface area contributed by atoms with Crippen LogP contribution in [-0.4, -0.2) is 51.0 Å². The highest BCUT2D eigenvalue weighted by Gasteiger charge is 2.26. The average Bonchev–Trinajstić information content (AvgIpc) is 2.73. The lowest BCUT2D eigenvalue weighted by atomic mass is 10.1. The van der Waals surface area contributed by atoms with E-state index in [1.807, 2.05) is 37.3 Å². The zero-order chi connectivity index (χ0) is 23.9. The Morgan fingerprint density at radius 1 is 1.12 bits per heavy atom. The van der Waals surface area contributed by atoms with Gasteiger partial charge in [-0.05, 0) is 55.7 Å². The lowest BCUT2D eigenvalue weighted by Crippen LogP contribution is -2.46. The highest BCUT2D eigenvalue weighted by atomic mass is 79.9. The Morgan fingerprint density at radius 3 is 2.41 bits per heavy atom. The van der Waals surface area contributed by atoms with Crippen LogP contribution in [0.1, 0.15) is 30.9 Å². The largest absolute Gasteiger partial charge is 0.357 e. The minimum atomic E-state index is -3.50. The lowest BCUT2D eigenvalue weighted by Gasteiger charge is -2.29. The molecule has 0 saturated heterocycles. The summed E-state index contributed by atoms with van der Waals surface area (Å²) in [6.45, 7) is 4.03. The molecule has 0 fully saturated rings. The van der Waals surface area contributed by atoms with Gasteiger partial charge in [0.1, 0.15) is 6.04 Å². The molecule has 0 spiro atoms. The number of rotatable bonds is 10. The molecule has 0 bridgehead atoms. The van der Waals surface area contributed by atoms with E-state index >= 15 is 0 Å². The third-order valence-electron chi connectivity index (χ3n) is 5.10. The van der Waals surface area contributed by atoms with Crippen molar-refractivity contribution in [1.82, 2.24) is 10.2 Å². The van der Waals surface area contributed by atoms with Crippen LogP contribution in [-0.2, 0) is 26.2 Å². The second-order valence-electron chi connectivity index (χ2n) is 7.72. The number of carbonyl (C=O) groups excluding carboxylic acids is 2. The van der Waals surface area contributed by atoms with Crippen LogP contribution in [0.3, 0.4) is 0 Å². The average molecular weight is 524 g/mol. The van der Waals surface area contributed by atoms with Crippen LogP contribution in [0.5, 0.6) is 0 Å². The molecule has 1 atom stereocenters. The van der Waals surface area contributed by atoms with Gasteiger partial charge in [0.25, 0.3) is 0 Å². The topological polar surface area (TPSA) is 86.8 Å². The molecule has 0 aliphatic heterocycles. The van der Waals surface area contributed by atoms with Gasteiger partial charge in [-0.25, -0.2) is 8.42 Å². The first-order valence-corrected chi connectivity index (χ1v) is 13.0. The predicted octanol–water partition coefficient (Wildman–Crippen LogP) is 3.47. The SMILES string of the molecule is CNC(=O)[C@@H](C)N(Cc1cccc(Br)c1)C(=O)CCCN(c1cccc(C)c1)S(C)(=O)=O. The molecule has 174 valence electrons. The van der Waals surface area contributed by atoms with Gasteiger partial charge in [-0.3, -0.25) is 13.9 Å². The monoisotopic (exact) mass is 523 g/mol. The van der Waals surface area contributed by atoms with E-state index in [4.69, 9.17) is 0 Å². The summed E-state index contributed by atoms with van der Waals surface area (Å²) in [4.78, 5) is 26.9. The van der Waals surface area contributed by atoms with Crippen LogP contribution in [0, 0.1) is 6.92 Å². The lowest BCUT2D eigenvalue weighted by molar-refractivity contribution is -0.140. The van der Waals surface area contributed by atoms with Crippen LogP contribution in [0.2, 0.25) is 0 Å². The van der Waals surface area contributed by atoms with E-state index in [1.54, 1.807) is 25.1 Å². The van der Waals surface area contributed by atoms with Crippen molar-refractivity contribution in [2.45, 2.75) is 39.3 Å². The van der Waals surface area contributed by atoms with Crippen molar-refractivity contribution < 1.29 is 18.0 Å². The molecule has 2 amide bonds. The normalized spacial score (nSPS) is 12.2. The summed E-state index contributed by atoms with van der Waals surface area (Å²) in [5, 5.41) is 2.59. The minimum absolute atomic E-state index is 0.118. The summed E-state index contributed by atoms with van der Waals surface area (Å²) in [5.41, 5.74) is 2.41. The number of hydrogen-bond donors (Lipinski definition) is 1. The number of likely N-dealkylation sites (N-methyl/N-ethyl adjacent to an activating group) is 1. The van der Waals surface area contributed by atoms with Crippen molar-refractivity contribution in [2.75, 3.05) is 24.2 Å². The maximum Gasteiger partial charge on any atom is 0.242 e. The van der Waals surface area contributed by atoms with Gasteiger partial charge in [0, 0.05) is 31.0 Å². The molecule has 2 rings (SSSR count). The zero-order valence-electron chi connectivity index (χ0n) is 18.8. The number of halogens is 1. The molecule has 0 aliphatic carbocycles. The van der Waals surface area contributed by atoms with Crippen LogP contribution in [0.15, 0.2) is 53.0 Å². The molecule has 32 heavy (non-hydrogen) atoms. The quantitative estimate of drug-likeness (QED) is 0.516. The minimum Gasteiger partial charge on any atom is -0.357 e. The standard InChI is InChI=1S/C23H30BrN3O4S/c1-17-8-5-11-21(14-17)27(32(4,30)31)13-7-12-22(28)26(18(2)23(29)25-3)16-19-9-6-10-20(24)15-19/h5-6,8-11,14-15,18H,7,12-13,16H2,1-4H3,(H,25,29)/t18-/m1/s1. The van der Waals surface area contributed by atoms with Crippen LogP contribution < -0.4 is 9.62 Å². The van der Waals surface area contributed by atoms with Crippen LogP contribution >= 0.6 is 15.9 Å². The summed E-state index contributed by atoms with van der Waals surface area (Å²) < 4.78 is 26.9. The maximum atomic E-state index is 13.1.